The molecule has 276 valence electrons. The summed E-state index contributed by atoms with van der Waals surface area (Å²) < 4.78 is 40.0. The number of hydrogen-bond acceptors (Lipinski definition) is 13. The van der Waals surface area contributed by atoms with E-state index in [1.165, 1.54) is 0 Å². The van der Waals surface area contributed by atoms with Gasteiger partial charge >= 0.3 is 17.9 Å². The van der Waals surface area contributed by atoms with E-state index in [-0.39, 0.29) is 44.1 Å². The molecular weight excluding hydrogens is 664 g/mol. The summed E-state index contributed by atoms with van der Waals surface area (Å²) in [7, 11) is 3.84. The van der Waals surface area contributed by atoms with Crippen LogP contribution in [0.3, 0.4) is 0 Å². The average Bonchev–Trinajstić information content (AvgIpc) is 3.49. The highest BCUT2D eigenvalue weighted by Gasteiger charge is 2.51. The highest BCUT2D eigenvalue weighted by atomic mass is 16.7. The summed E-state index contributed by atoms with van der Waals surface area (Å²) in [6.45, 7) is 6.85. The molecule has 2 heterocycles. The predicted octanol–water partition coefficient (Wildman–Crippen LogP) is 4.21. The van der Waals surface area contributed by atoms with Gasteiger partial charge in [0.1, 0.15) is 24.5 Å². The molecule has 1 aliphatic rings. The number of esters is 3. The number of fused-ring (bicyclic) bond motifs is 1. The van der Waals surface area contributed by atoms with Crippen molar-refractivity contribution >= 4 is 40.6 Å². The van der Waals surface area contributed by atoms with Crippen LogP contribution in [0.2, 0.25) is 0 Å². The number of Topliss-reactive ketones (excluding diaryl/α,β-unsaturated/α-hetero) is 1. The summed E-state index contributed by atoms with van der Waals surface area (Å²) in [6, 6.07) is 13.9. The van der Waals surface area contributed by atoms with Crippen LogP contribution in [0.15, 0.2) is 52.9 Å². The van der Waals surface area contributed by atoms with E-state index in [4.69, 9.17) is 32.8 Å². The Hall–Kier alpha value is -4.79. The number of nitrogens with zero attached hydrogens (tertiary/aromatic N) is 1. The Balaban J connectivity index is 1.34. The summed E-state index contributed by atoms with van der Waals surface area (Å²) in [5.74, 6) is -1.82. The molecule has 1 N–H and O–H groups in total. The minimum Gasteiger partial charge on any atom is -0.492 e. The van der Waals surface area contributed by atoms with E-state index >= 15 is 0 Å². The smallest absolute Gasteiger partial charge is 0.306 e. The van der Waals surface area contributed by atoms with Gasteiger partial charge in [-0.3, -0.25) is 24.0 Å². The Morgan fingerprint density at radius 1 is 0.804 bits per heavy atom. The molecule has 1 saturated heterocycles. The van der Waals surface area contributed by atoms with Crippen LogP contribution in [0.25, 0.3) is 11.0 Å². The minimum atomic E-state index is -1.31. The molecule has 1 fully saturated rings. The van der Waals surface area contributed by atoms with Crippen molar-refractivity contribution in [2.45, 2.75) is 84.2 Å². The van der Waals surface area contributed by atoms with Crippen LogP contribution in [-0.2, 0) is 44.6 Å². The van der Waals surface area contributed by atoms with Crippen LogP contribution in [0.4, 0.5) is 0 Å². The SMILES string of the molecule is CCC(=O)O[C@H]1[C@H](OC(=O)CC)[C@H](OCC(=O)c2ccc(OCCNC(=O)c3oc4ccccc4c3CN(C)C)cc2)O[C@@H](C)[C@H]1OC(=O)CC. The molecule has 4 rings (SSSR count). The third kappa shape index (κ3) is 10.4. The Morgan fingerprint density at radius 3 is 2.04 bits per heavy atom. The van der Waals surface area contributed by atoms with Gasteiger partial charge in [-0.15, -0.1) is 0 Å². The first-order valence-electron chi connectivity index (χ1n) is 17.0. The molecule has 0 spiro atoms. The quantitative estimate of drug-likeness (QED) is 0.0916. The largest absolute Gasteiger partial charge is 0.492 e. The molecule has 1 aromatic heterocycles. The number of amides is 1. The van der Waals surface area contributed by atoms with Crippen molar-refractivity contribution in [3.8, 4) is 5.75 Å². The van der Waals surface area contributed by atoms with Gasteiger partial charge in [-0.1, -0.05) is 39.0 Å². The molecule has 1 aliphatic heterocycles. The molecule has 0 bridgehead atoms. The van der Waals surface area contributed by atoms with E-state index in [1.54, 1.807) is 52.0 Å². The Labute approximate surface area is 296 Å². The number of carbonyl (C=O) groups excluding carboxylic acids is 5. The Bertz CT molecular complexity index is 1670. The van der Waals surface area contributed by atoms with Crippen molar-refractivity contribution in [3.63, 3.8) is 0 Å². The lowest BCUT2D eigenvalue weighted by molar-refractivity contribution is -0.299. The minimum absolute atomic E-state index is 0.00531. The van der Waals surface area contributed by atoms with Crippen molar-refractivity contribution in [2.24, 2.45) is 0 Å². The monoisotopic (exact) mass is 710 g/mol. The fraction of sp³-hybridized carbons (Fsp3) is 0.486. The lowest BCUT2D eigenvalue weighted by atomic mass is 9.98. The van der Waals surface area contributed by atoms with Crippen molar-refractivity contribution in [1.82, 2.24) is 10.2 Å². The zero-order valence-electron chi connectivity index (χ0n) is 29.8. The number of hydrogen-bond donors (Lipinski definition) is 1. The highest BCUT2D eigenvalue weighted by Crippen LogP contribution is 2.30. The molecular formula is C37H46N2O12. The number of benzene rings is 2. The van der Waals surface area contributed by atoms with Crippen molar-refractivity contribution in [1.29, 1.82) is 0 Å². The van der Waals surface area contributed by atoms with E-state index in [2.05, 4.69) is 5.32 Å². The summed E-state index contributed by atoms with van der Waals surface area (Å²) in [6.07, 6.45) is -5.66. The van der Waals surface area contributed by atoms with Crippen molar-refractivity contribution in [2.75, 3.05) is 33.9 Å². The van der Waals surface area contributed by atoms with Crippen LogP contribution < -0.4 is 10.1 Å². The van der Waals surface area contributed by atoms with Gasteiger partial charge < -0.3 is 43.1 Å². The normalized spacial score (nSPS) is 20.1. The van der Waals surface area contributed by atoms with Gasteiger partial charge in [0.25, 0.3) is 5.91 Å². The number of ketones is 1. The van der Waals surface area contributed by atoms with Gasteiger partial charge in [0.2, 0.25) is 0 Å². The van der Waals surface area contributed by atoms with E-state index in [0.29, 0.717) is 23.4 Å². The van der Waals surface area contributed by atoms with Crippen LogP contribution in [0.1, 0.15) is 73.4 Å². The predicted molar refractivity (Wildman–Crippen MR) is 183 cm³/mol. The topological polar surface area (TPSA) is 169 Å². The van der Waals surface area contributed by atoms with Crippen molar-refractivity contribution < 1.29 is 56.8 Å². The molecule has 0 saturated carbocycles. The van der Waals surface area contributed by atoms with Crippen molar-refractivity contribution in [3.05, 3.63) is 65.4 Å². The molecule has 14 nitrogen and oxygen atoms in total. The zero-order valence-corrected chi connectivity index (χ0v) is 29.8. The highest BCUT2D eigenvalue weighted by molar-refractivity contribution is 5.99. The first-order valence-corrected chi connectivity index (χ1v) is 17.0. The standard InChI is InChI=1S/C37H46N2O12/c1-7-29(41)49-32-22(4)47-37(35(51-31(43)9-3)34(32)50-30(42)8-2)46-21-27(40)23-14-16-24(17-15-23)45-19-18-38-36(44)33-26(20-39(5)6)25-12-10-11-13-28(25)48-33/h10-17,22,32,34-35,37H,7-9,18-21H2,1-6H3,(H,38,44)/t22-,32+,34+,35-,37+/m0/s1. The van der Waals surface area contributed by atoms with E-state index in [9.17, 15) is 24.0 Å². The first-order chi connectivity index (χ1) is 24.4. The third-order valence-corrected chi connectivity index (χ3v) is 7.99. The Kier molecular flexibility index (Phi) is 14.1. The van der Waals surface area contributed by atoms with Crippen LogP contribution in [-0.4, -0.2) is 99.1 Å². The molecule has 14 heteroatoms. The molecule has 2 aromatic carbocycles. The molecule has 1 amide bonds. The second-order valence-electron chi connectivity index (χ2n) is 12.1. The number of ether oxygens (including phenoxy) is 6. The number of carbonyl (C=O) groups is 5. The van der Waals surface area contributed by atoms with Gasteiger partial charge in [0, 0.05) is 42.3 Å². The second-order valence-corrected chi connectivity index (χ2v) is 12.1. The fourth-order valence-electron chi connectivity index (χ4n) is 5.38. The average molecular weight is 711 g/mol. The fourth-order valence-corrected chi connectivity index (χ4v) is 5.38. The van der Waals surface area contributed by atoms with Gasteiger partial charge in [-0.25, -0.2) is 0 Å². The molecule has 3 aromatic rings. The number of rotatable bonds is 17. The van der Waals surface area contributed by atoms with Gasteiger partial charge in [-0.2, -0.15) is 0 Å². The molecule has 0 aliphatic carbocycles. The summed E-state index contributed by atoms with van der Waals surface area (Å²) >= 11 is 0. The van der Waals surface area contributed by atoms with E-state index < -0.39 is 61.0 Å². The third-order valence-electron chi connectivity index (χ3n) is 7.99. The first kappa shape index (κ1) is 39.0. The molecule has 0 radical (unpaired) electrons. The van der Waals surface area contributed by atoms with E-state index in [1.807, 2.05) is 43.3 Å². The number of nitrogens with one attached hydrogen (secondary N) is 1. The zero-order chi connectivity index (χ0) is 37.1. The summed E-state index contributed by atoms with van der Waals surface area (Å²) in [5, 5.41) is 3.72. The van der Waals surface area contributed by atoms with Crippen LogP contribution in [0, 0.1) is 0 Å². The lowest BCUT2D eigenvalue weighted by Crippen LogP contribution is -2.61. The van der Waals surface area contributed by atoms with Crippen LogP contribution >= 0.6 is 0 Å². The maximum atomic E-state index is 13.1. The molecule has 0 unspecified atom stereocenters. The second kappa shape index (κ2) is 18.4. The van der Waals surface area contributed by atoms with E-state index in [0.717, 1.165) is 10.9 Å². The number of furan rings is 1. The number of para-hydroxylation sites is 1. The maximum absolute atomic E-state index is 13.1. The van der Waals surface area contributed by atoms with Gasteiger partial charge in [0.05, 0.1) is 12.6 Å². The summed E-state index contributed by atoms with van der Waals surface area (Å²) in [5.41, 5.74) is 1.76. The van der Waals surface area contributed by atoms with Gasteiger partial charge in [-0.05, 0) is 51.4 Å². The lowest BCUT2D eigenvalue weighted by Gasteiger charge is -2.43. The summed E-state index contributed by atoms with van der Waals surface area (Å²) in [4.78, 5) is 64.9. The molecule has 51 heavy (non-hydrogen) atoms. The van der Waals surface area contributed by atoms with Crippen LogP contribution in [0.5, 0.6) is 5.75 Å². The molecule has 5 atom stereocenters. The Morgan fingerprint density at radius 2 is 1.41 bits per heavy atom. The maximum Gasteiger partial charge on any atom is 0.306 e. The van der Waals surface area contributed by atoms with Gasteiger partial charge in [0.15, 0.2) is 36.1 Å².